The summed E-state index contributed by atoms with van der Waals surface area (Å²) >= 11 is 0. The molecule has 0 aromatic carbocycles. The van der Waals surface area contributed by atoms with Gasteiger partial charge in [-0.25, -0.2) is 4.79 Å². The van der Waals surface area contributed by atoms with Gasteiger partial charge in [-0.3, -0.25) is 4.79 Å². The number of rotatable bonds is 6. The van der Waals surface area contributed by atoms with Crippen molar-refractivity contribution in [1.29, 1.82) is 0 Å². The van der Waals surface area contributed by atoms with Crippen LogP contribution in [0.25, 0.3) is 0 Å². The topological polar surface area (TPSA) is 63.6 Å². The highest BCUT2D eigenvalue weighted by Gasteiger charge is 2.50. The molecular formula is C13H20F2O4. The number of carbonyl (C=O) groups excluding carboxylic acids is 1. The molecule has 1 atom stereocenters. The van der Waals surface area contributed by atoms with Crippen molar-refractivity contribution in [2.45, 2.75) is 58.0 Å². The van der Waals surface area contributed by atoms with Gasteiger partial charge in [-0.2, -0.15) is 8.78 Å². The summed E-state index contributed by atoms with van der Waals surface area (Å²) in [7, 11) is 0. The van der Waals surface area contributed by atoms with Gasteiger partial charge in [-0.15, -0.1) is 0 Å². The monoisotopic (exact) mass is 278 g/mol. The number of alkyl halides is 2. The van der Waals surface area contributed by atoms with Gasteiger partial charge in [0, 0.05) is 0 Å². The van der Waals surface area contributed by atoms with Crippen LogP contribution in [0.4, 0.5) is 8.78 Å². The molecule has 0 bridgehead atoms. The lowest BCUT2D eigenvalue weighted by molar-refractivity contribution is -0.197. The molecule has 0 heterocycles. The van der Waals surface area contributed by atoms with Gasteiger partial charge in [0.2, 0.25) is 0 Å². The Morgan fingerprint density at radius 3 is 2.26 bits per heavy atom. The molecule has 1 aliphatic carbocycles. The quantitative estimate of drug-likeness (QED) is 0.759. The summed E-state index contributed by atoms with van der Waals surface area (Å²) in [5, 5.41) is 8.56. The fourth-order valence-electron chi connectivity index (χ4n) is 2.23. The first kappa shape index (κ1) is 15.9. The van der Waals surface area contributed by atoms with Crippen LogP contribution in [0.2, 0.25) is 0 Å². The van der Waals surface area contributed by atoms with Gasteiger partial charge < -0.3 is 9.84 Å². The van der Waals surface area contributed by atoms with Crippen LogP contribution in [0, 0.1) is 11.8 Å². The maximum absolute atomic E-state index is 13.5. The van der Waals surface area contributed by atoms with Crippen LogP contribution < -0.4 is 0 Å². The first-order valence-corrected chi connectivity index (χ1v) is 6.56. The van der Waals surface area contributed by atoms with Crippen molar-refractivity contribution in [3.8, 4) is 0 Å². The van der Waals surface area contributed by atoms with Gasteiger partial charge in [0.15, 0.2) is 6.10 Å². The van der Waals surface area contributed by atoms with E-state index in [9.17, 15) is 18.4 Å². The minimum absolute atomic E-state index is 0.169. The molecule has 1 rings (SSSR count). The third-order valence-corrected chi connectivity index (χ3v) is 3.32. The van der Waals surface area contributed by atoms with E-state index in [4.69, 9.17) is 9.84 Å². The molecule has 6 heteroatoms. The van der Waals surface area contributed by atoms with Crippen LogP contribution in [0.5, 0.6) is 0 Å². The fraction of sp³-hybridized carbons (Fsp3) is 0.846. The van der Waals surface area contributed by atoms with Gasteiger partial charge >= 0.3 is 17.9 Å². The van der Waals surface area contributed by atoms with Crippen molar-refractivity contribution in [3.63, 3.8) is 0 Å². The molecule has 1 N–H and O–H groups in total. The van der Waals surface area contributed by atoms with E-state index in [1.807, 2.05) is 0 Å². The standard InChI is InChI=1S/C13H20F2O4/c1-8(2)7-10(13(14,15)12(17)18)19-11(16)9-5-3-4-6-9/h8-10H,3-7H2,1-2H3,(H,17,18). The SMILES string of the molecule is CC(C)CC(OC(=O)C1CCCC1)C(F)(F)C(=O)O. The van der Waals surface area contributed by atoms with Crippen molar-refractivity contribution in [3.05, 3.63) is 0 Å². The molecule has 1 aliphatic rings. The minimum atomic E-state index is -4.04. The van der Waals surface area contributed by atoms with Crippen molar-refractivity contribution in [1.82, 2.24) is 0 Å². The Hall–Kier alpha value is -1.20. The van der Waals surface area contributed by atoms with Gasteiger partial charge in [0.05, 0.1) is 5.92 Å². The van der Waals surface area contributed by atoms with E-state index in [1.165, 1.54) is 0 Å². The summed E-state index contributed by atoms with van der Waals surface area (Å²) in [5.74, 6) is -7.54. The number of hydrogen-bond acceptors (Lipinski definition) is 3. The van der Waals surface area contributed by atoms with Crippen LogP contribution >= 0.6 is 0 Å². The Balaban J connectivity index is 2.73. The molecule has 1 saturated carbocycles. The molecule has 0 aromatic rings. The lowest BCUT2D eigenvalue weighted by Gasteiger charge is -2.26. The van der Waals surface area contributed by atoms with Crippen molar-refractivity contribution < 1.29 is 28.2 Å². The molecule has 19 heavy (non-hydrogen) atoms. The van der Waals surface area contributed by atoms with E-state index in [0.29, 0.717) is 12.8 Å². The van der Waals surface area contributed by atoms with Gasteiger partial charge in [-0.05, 0) is 25.2 Å². The summed E-state index contributed by atoms with van der Waals surface area (Å²) in [6.45, 7) is 3.35. The summed E-state index contributed by atoms with van der Waals surface area (Å²) in [6.07, 6.45) is 0.960. The van der Waals surface area contributed by atoms with E-state index in [0.717, 1.165) is 12.8 Å². The molecular weight excluding hydrogens is 258 g/mol. The zero-order valence-corrected chi connectivity index (χ0v) is 11.2. The van der Waals surface area contributed by atoms with E-state index < -0.39 is 24.0 Å². The van der Waals surface area contributed by atoms with Gasteiger partial charge in [-0.1, -0.05) is 26.7 Å². The van der Waals surface area contributed by atoms with E-state index in [1.54, 1.807) is 13.8 Å². The predicted molar refractivity (Wildman–Crippen MR) is 63.9 cm³/mol. The lowest BCUT2D eigenvalue weighted by atomic mass is 10.0. The summed E-state index contributed by atoms with van der Waals surface area (Å²) in [6, 6.07) is 0. The number of carbonyl (C=O) groups is 2. The molecule has 0 saturated heterocycles. The number of esters is 1. The predicted octanol–water partition coefficient (Wildman–Crippen LogP) is 2.85. The smallest absolute Gasteiger partial charge is 0.378 e. The average Bonchev–Trinajstić information content (AvgIpc) is 2.80. The van der Waals surface area contributed by atoms with E-state index in [2.05, 4.69) is 0 Å². The maximum atomic E-state index is 13.5. The molecule has 1 fully saturated rings. The largest absolute Gasteiger partial charge is 0.477 e. The number of carboxylic acid groups (broad SMARTS) is 1. The molecule has 4 nitrogen and oxygen atoms in total. The van der Waals surface area contributed by atoms with Crippen LogP contribution in [0.1, 0.15) is 46.0 Å². The summed E-state index contributed by atoms with van der Waals surface area (Å²) in [4.78, 5) is 22.4. The summed E-state index contributed by atoms with van der Waals surface area (Å²) in [5.41, 5.74) is 0. The van der Waals surface area contributed by atoms with Crippen LogP contribution in [-0.4, -0.2) is 29.1 Å². The Kier molecular flexibility index (Phi) is 5.26. The van der Waals surface area contributed by atoms with E-state index in [-0.39, 0.29) is 18.3 Å². The van der Waals surface area contributed by atoms with Crippen molar-refractivity contribution in [2.75, 3.05) is 0 Å². The second-order valence-corrected chi connectivity index (χ2v) is 5.46. The normalized spacial score (nSPS) is 18.6. The summed E-state index contributed by atoms with van der Waals surface area (Å²) < 4.78 is 31.9. The Bertz CT molecular complexity index is 336. The first-order valence-electron chi connectivity index (χ1n) is 6.56. The number of carboxylic acids is 1. The van der Waals surface area contributed by atoms with Crippen LogP contribution in [0.3, 0.4) is 0 Å². The van der Waals surface area contributed by atoms with Crippen molar-refractivity contribution >= 4 is 11.9 Å². The van der Waals surface area contributed by atoms with Gasteiger partial charge in [0.25, 0.3) is 0 Å². The number of halogens is 2. The molecule has 0 aliphatic heterocycles. The fourth-order valence-corrected chi connectivity index (χ4v) is 2.23. The van der Waals surface area contributed by atoms with Crippen molar-refractivity contribution in [2.24, 2.45) is 11.8 Å². The zero-order chi connectivity index (χ0) is 14.6. The third kappa shape index (κ3) is 4.14. The number of aliphatic carboxylic acids is 1. The van der Waals surface area contributed by atoms with E-state index >= 15 is 0 Å². The second-order valence-electron chi connectivity index (χ2n) is 5.46. The molecule has 110 valence electrons. The van der Waals surface area contributed by atoms with Crippen LogP contribution in [-0.2, 0) is 14.3 Å². The zero-order valence-electron chi connectivity index (χ0n) is 11.2. The first-order chi connectivity index (χ1) is 8.75. The highest BCUT2D eigenvalue weighted by Crippen LogP contribution is 2.31. The molecule has 0 spiro atoms. The Labute approximate surface area is 111 Å². The van der Waals surface area contributed by atoms with Gasteiger partial charge in [0.1, 0.15) is 0 Å². The Morgan fingerprint density at radius 1 is 1.32 bits per heavy atom. The molecule has 0 aromatic heterocycles. The number of hydrogen-bond donors (Lipinski definition) is 1. The lowest BCUT2D eigenvalue weighted by Crippen LogP contribution is -2.45. The second kappa shape index (κ2) is 6.30. The average molecular weight is 278 g/mol. The maximum Gasteiger partial charge on any atom is 0.378 e. The third-order valence-electron chi connectivity index (χ3n) is 3.32. The number of ether oxygens (including phenoxy) is 1. The molecule has 0 radical (unpaired) electrons. The highest BCUT2D eigenvalue weighted by atomic mass is 19.3. The minimum Gasteiger partial charge on any atom is -0.477 e. The molecule has 1 unspecified atom stereocenters. The molecule has 0 amide bonds. The Morgan fingerprint density at radius 2 is 1.84 bits per heavy atom. The van der Waals surface area contributed by atoms with Crippen LogP contribution in [0.15, 0.2) is 0 Å². The highest BCUT2D eigenvalue weighted by molar-refractivity contribution is 5.78.